The van der Waals surface area contributed by atoms with Gasteiger partial charge in [0.05, 0.1) is 16.4 Å². The number of rotatable bonds is 3. The van der Waals surface area contributed by atoms with Crippen molar-refractivity contribution in [1.82, 2.24) is 19.4 Å². The van der Waals surface area contributed by atoms with Crippen LogP contribution in [0.5, 0.6) is 0 Å². The third kappa shape index (κ3) is 2.09. The van der Waals surface area contributed by atoms with E-state index < -0.39 is 6.10 Å². The minimum Gasteiger partial charge on any atom is -0.386 e. The van der Waals surface area contributed by atoms with E-state index in [2.05, 4.69) is 14.7 Å². The fourth-order valence-corrected chi connectivity index (χ4v) is 2.24. The summed E-state index contributed by atoms with van der Waals surface area (Å²) >= 11 is 7.31. The molecule has 0 saturated heterocycles. The maximum absolute atomic E-state index is 9.93. The van der Waals surface area contributed by atoms with Crippen LogP contribution in [0.3, 0.4) is 0 Å². The Morgan fingerprint density at radius 1 is 1.62 bits per heavy atom. The molecule has 0 amide bonds. The SMILES string of the molecule is Cc1nn(C)c(CC(O)c2csnn2)c1Cl. The van der Waals surface area contributed by atoms with Gasteiger partial charge in [-0.1, -0.05) is 16.1 Å². The summed E-state index contributed by atoms with van der Waals surface area (Å²) in [5, 5.41) is 20.3. The van der Waals surface area contributed by atoms with Crippen molar-refractivity contribution in [2.75, 3.05) is 0 Å². The van der Waals surface area contributed by atoms with Crippen LogP contribution in [0.4, 0.5) is 0 Å². The minimum absolute atomic E-state index is 0.390. The van der Waals surface area contributed by atoms with Gasteiger partial charge in [-0.2, -0.15) is 5.10 Å². The summed E-state index contributed by atoms with van der Waals surface area (Å²) in [6.45, 7) is 1.84. The molecule has 0 aliphatic heterocycles. The van der Waals surface area contributed by atoms with Crippen molar-refractivity contribution in [2.45, 2.75) is 19.4 Å². The molecule has 2 rings (SSSR count). The maximum Gasteiger partial charge on any atom is 0.104 e. The average molecular weight is 259 g/mol. The Kier molecular flexibility index (Phi) is 3.22. The lowest BCUT2D eigenvalue weighted by Gasteiger charge is -2.07. The number of hydrogen-bond donors (Lipinski definition) is 1. The van der Waals surface area contributed by atoms with Gasteiger partial charge in [0.2, 0.25) is 0 Å². The molecule has 0 aromatic carbocycles. The third-order valence-corrected chi connectivity index (χ3v) is 3.38. The Morgan fingerprint density at radius 3 is 2.88 bits per heavy atom. The van der Waals surface area contributed by atoms with Crippen LogP contribution in [-0.2, 0) is 13.5 Å². The molecule has 5 nitrogen and oxygen atoms in total. The molecule has 1 N–H and O–H groups in total. The van der Waals surface area contributed by atoms with Crippen LogP contribution in [-0.4, -0.2) is 24.5 Å². The molecule has 0 saturated carbocycles. The molecule has 2 aromatic rings. The van der Waals surface area contributed by atoms with Crippen LogP contribution in [0, 0.1) is 6.92 Å². The highest BCUT2D eigenvalue weighted by molar-refractivity contribution is 7.03. The number of aliphatic hydroxyl groups excluding tert-OH is 1. The second-order valence-corrected chi connectivity index (χ2v) is 4.51. The second kappa shape index (κ2) is 4.48. The van der Waals surface area contributed by atoms with E-state index in [0.717, 1.165) is 11.4 Å². The lowest BCUT2D eigenvalue weighted by molar-refractivity contribution is 0.171. The zero-order valence-electron chi connectivity index (χ0n) is 8.88. The zero-order chi connectivity index (χ0) is 11.7. The summed E-state index contributed by atoms with van der Waals surface area (Å²) in [5.41, 5.74) is 2.14. The van der Waals surface area contributed by atoms with Gasteiger partial charge in [0.25, 0.3) is 0 Å². The van der Waals surface area contributed by atoms with Gasteiger partial charge in [-0.3, -0.25) is 4.68 Å². The quantitative estimate of drug-likeness (QED) is 0.906. The van der Waals surface area contributed by atoms with Crippen molar-refractivity contribution in [1.29, 1.82) is 0 Å². The van der Waals surface area contributed by atoms with Gasteiger partial charge < -0.3 is 5.11 Å². The van der Waals surface area contributed by atoms with Gasteiger partial charge in [0.15, 0.2) is 0 Å². The minimum atomic E-state index is -0.689. The highest BCUT2D eigenvalue weighted by atomic mass is 35.5. The van der Waals surface area contributed by atoms with E-state index in [1.165, 1.54) is 11.5 Å². The molecular formula is C9H11ClN4OS. The van der Waals surface area contributed by atoms with E-state index in [1.54, 1.807) is 17.1 Å². The van der Waals surface area contributed by atoms with Crippen LogP contribution in [0.15, 0.2) is 5.38 Å². The first-order valence-corrected chi connectivity index (χ1v) is 5.94. The Bertz CT molecular complexity index is 482. The van der Waals surface area contributed by atoms with Gasteiger partial charge in [-0.25, -0.2) is 0 Å². The molecule has 2 heterocycles. The normalized spacial score (nSPS) is 13.0. The number of nitrogens with zero attached hydrogens (tertiary/aromatic N) is 4. The molecule has 0 spiro atoms. The number of aliphatic hydroxyl groups is 1. The average Bonchev–Trinajstić information content (AvgIpc) is 2.83. The number of aryl methyl sites for hydroxylation is 2. The van der Waals surface area contributed by atoms with Crippen molar-refractivity contribution in [3.63, 3.8) is 0 Å². The topological polar surface area (TPSA) is 63.8 Å². The van der Waals surface area contributed by atoms with Gasteiger partial charge >= 0.3 is 0 Å². The molecule has 2 aromatic heterocycles. The van der Waals surface area contributed by atoms with E-state index in [4.69, 9.17) is 11.6 Å². The Morgan fingerprint density at radius 2 is 2.38 bits per heavy atom. The standard InChI is InChI=1S/C9H11ClN4OS/c1-5-9(10)7(14(2)12-5)3-8(15)6-4-16-13-11-6/h4,8,15H,3H2,1-2H3. The molecule has 0 bridgehead atoms. The van der Waals surface area contributed by atoms with Crippen molar-refractivity contribution in [3.05, 3.63) is 27.5 Å². The van der Waals surface area contributed by atoms with E-state index in [0.29, 0.717) is 17.1 Å². The first kappa shape index (κ1) is 11.5. The molecule has 0 aliphatic rings. The summed E-state index contributed by atoms with van der Waals surface area (Å²) in [7, 11) is 1.81. The van der Waals surface area contributed by atoms with Crippen LogP contribution in [0.1, 0.15) is 23.2 Å². The predicted octanol–water partition coefficient (Wildman–Crippen LogP) is 1.51. The van der Waals surface area contributed by atoms with Crippen LogP contribution in [0.25, 0.3) is 0 Å². The van der Waals surface area contributed by atoms with Crippen LogP contribution >= 0.6 is 23.1 Å². The highest BCUT2D eigenvalue weighted by Gasteiger charge is 2.18. The summed E-state index contributed by atoms with van der Waals surface area (Å²) in [6, 6.07) is 0. The molecule has 7 heteroatoms. The predicted molar refractivity (Wildman–Crippen MR) is 61.5 cm³/mol. The molecule has 86 valence electrons. The van der Waals surface area contributed by atoms with Crippen LogP contribution in [0.2, 0.25) is 5.02 Å². The fraction of sp³-hybridized carbons (Fsp3) is 0.444. The summed E-state index contributed by atoms with van der Waals surface area (Å²) in [6.07, 6.45) is -0.298. The van der Waals surface area contributed by atoms with Crippen molar-refractivity contribution in [2.24, 2.45) is 7.05 Å². The first-order valence-electron chi connectivity index (χ1n) is 4.72. The molecule has 0 aliphatic carbocycles. The highest BCUT2D eigenvalue weighted by Crippen LogP contribution is 2.24. The van der Waals surface area contributed by atoms with Crippen LogP contribution < -0.4 is 0 Å². The fourth-order valence-electron chi connectivity index (χ4n) is 1.51. The lowest BCUT2D eigenvalue weighted by atomic mass is 10.1. The molecule has 1 atom stereocenters. The van der Waals surface area contributed by atoms with Gasteiger partial charge in [-0.15, -0.1) is 5.10 Å². The monoisotopic (exact) mass is 258 g/mol. The van der Waals surface area contributed by atoms with Gasteiger partial charge in [-0.05, 0) is 18.5 Å². The van der Waals surface area contributed by atoms with E-state index >= 15 is 0 Å². The molecule has 0 fully saturated rings. The second-order valence-electron chi connectivity index (χ2n) is 3.52. The molecule has 1 unspecified atom stereocenters. The molecule has 16 heavy (non-hydrogen) atoms. The zero-order valence-corrected chi connectivity index (χ0v) is 10.5. The van der Waals surface area contributed by atoms with Gasteiger partial charge in [0.1, 0.15) is 11.8 Å². The van der Waals surface area contributed by atoms with E-state index in [9.17, 15) is 5.11 Å². The van der Waals surface area contributed by atoms with E-state index in [-0.39, 0.29) is 0 Å². The lowest BCUT2D eigenvalue weighted by Crippen LogP contribution is -2.07. The number of hydrogen-bond acceptors (Lipinski definition) is 5. The first-order chi connectivity index (χ1) is 7.59. The maximum atomic E-state index is 9.93. The summed E-state index contributed by atoms with van der Waals surface area (Å²) < 4.78 is 5.39. The number of aromatic nitrogens is 4. The third-order valence-electron chi connectivity index (χ3n) is 2.37. The Hall–Kier alpha value is -0.980. The Balaban J connectivity index is 2.21. The van der Waals surface area contributed by atoms with E-state index in [1.807, 2.05) is 6.92 Å². The van der Waals surface area contributed by atoms with Crippen molar-refractivity contribution in [3.8, 4) is 0 Å². The Labute approximate surface area is 102 Å². The number of halogens is 1. The summed E-state index contributed by atoms with van der Waals surface area (Å²) in [4.78, 5) is 0. The van der Waals surface area contributed by atoms with Crippen molar-refractivity contribution >= 4 is 23.1 Å². The summed E-state index contributed by atoms with van der Waals surface area (Å²) in [5.74, 6) is 0. The smallest absolute Gasteiger partial charge is 0.104 e. The molecular weight excluding hydrogens is 248 g/mol. The largest absolute Gasteiger partial charge is 0.386 e. The van der Waals surface area contributed by atoms with Gasteiger partial charge in [0, 0.05) is 18.8 Å². The van der Waals surface area contributed by atoms with Crippen molar-refractivity contribution < 1.29 is 5.11 Å². The molecule has 0 radical (unpaired) electrons.